The van der Waals surface area contributed by atoms with E-state index in [1.54, 1.807) is 13.0 Å². The van der Waals surface area contributed by atoms with Crippen LogP contribution in [0.5, 0.6) is 0 Å². The summed E-state index contributed by atoms with van der Waals surface area (Å²) in [5.41, 5.74) is 0. The molecule has 0 amide bonds. The first-order valence-electron chi connectivity index (χ1n) is 4.22. The summed E-state index contributed by atoms with van der Waals surface area (Å²) in [6, 6.07) is 0. The summed E-state index contributed by atoms with van der Waals surface area (Å²) in [5, 5.41) is 9.10. The van der Waals surface area contributed by atoms with Crippen molar-refractivity contribution >= 4 is 5.97 Å². The SMILES string of the molecule is CCOC(=O)/C=C/CC(O)CC. The van der Waals surface area contributed by atoms with Crippen LogP contribution in [0.4, 0.5) is 0 Å². The molecular weight excluding hydrogens is 156 g/mol. The Morgan fingerprint density at radius 1 is 1.58 bits per heavy atom. The third-order valence-corrected chi connectivity index (χ3v) is 1.42. The van der Waals surface area contributed by atoms with E-state index in [0.717, 1.165) is 0 Å². The van der Waals surface area contributed by atoms with Crippen LogP contribution in [0.25, 0.3) is 0 Å². The van der Waals surface area contributed by atoms with Gasteiger partial charge in [-0.2, -0.15) is 0 Å². The number of carbonyl (C=O) groups is 1. The van der Waals surface area contributed by atoms with Gasteiger partial charge in [0.25, 0.3) is 0 Å². The highest BCUT2D eigenvalue weighted by atomic mass is 16.5. The minimum absolute atomic E-state index is 0.346. The molecule has 0 bridgehead atoms. The van der Waals surface area contributed by atoms with Crippen LogP contribution in [0.3, 0.4) is 0 Å². The summed E-state index contributed by atoms with van der Waals surface area (Å²) in [5.74, 6) is -0.346. The van der Waals surface area contributed by atoms with E-state index in [9.17, 15) is 4.79 Å². The summed E-state index contributed by atoms with van der Waals surface area (Å²) in [6.45, 7) is 4.04. The van der Waals surface area contributed by atoms with Gasteiger partial charge >= 0.3 is 5.97 Å². The zero-order chi connectivity index (χ0) is 9.40. The molecule has 0 heterocycles. The fourth-order valence-electron chi connectivity index (χ4n) is 0.678. The number of aliphatic hydroxyl groups excluding tert-OH is 1. The molecule has 0 aliphatic rings. The molecule has 0 aromatic carbocycles. The molecule has 1 unspecified atom stereocenters. The Labute approximate surface area is 73.0 Å². The zero-order valence-electron chi connectivity index (χ0n) is 7.62. The van der Waals surface area contributed by atoms with Crippen molar-refractivity contribution in [1.82, 2.24) is 0 Å². The fraction of sp³-hybridized carbons (Fsp3) is 0.667. The van der Waals surface area contributed by atoms with Gasteiger partial charge in [-0.3, -0.25) is 0 Å². The molecule has 12 heavy (non-hydrogen) atoms. The topological polar surface area (TPSA) is 46.5 Å². The molecule has 0 saturated heterocycles. The van der Waals surface area contributed by atoms with Gasteiger partial charge in [-0.05, 0) is 19.8 Å². The van der Waals surface area contributed by atoms with E-state index in [0.29, 0.717) is 19.4 Å². The molecule has 0 spiro atoms. The van der Waals surface area contributed by atoms with Crippen LogP contribution in [0.1, 0.15) is 26.7 Å². The smallest absolute Gasteiger partial charge is 0.330 e. The number of aliphatic hydroxyl groups is 1. The number of rotatable bonds is 5. The molecule has 0 aromatic heterocycles. The van der Waals surface area contributed by atoms with Crippen molar-refractivity contribution in [2.75, 3.05) is 6.61 Å². The Hall–Kier alpha value is -0.830. The molecule has 0 radical (unpaired) electrons. The number of ether oxygens (including phenoxy) is 1. The lowest BCUT2D eigenvalue weighted by molar-refractivity contribution is -0.137. The Balaban J connectivity index is 3.54. The van der Waals surface area contributed by atoms with E-state index in [2.05, 4.69) is 4.74 Å². The lowest BCUT2D eigenvalue weighted by atomic mass is 10.2. The van der Waals surface area contributed by atoms with E-state index in [1.807, 2.05) is 6.92 Å². The van der Waals surface area contributed by atoms with E-state index in [1.165, 1.54) is 6.08 Å². The number of hydrogen-bond acceptors (Lipinski definition) is 3. The van der Waals surface area contributed by atoms with Gasteiger partial charge in [0.2, 0.25) is 0 Å². The van der Waals surface area contributed by atoms with Crippen LogP contribution in [0, 0.1) is 0 Å². The minimum Gasteiger partial charge on any atom is -0.463 e. The molecular formula is C9H16O3. The van der Waals surface area contributed by atoms with Gasteiger partial charge in [0.15, 0.2) is 0 Å². The van der Waals surface area contributed by atoms with Crippen molar-refractivity contribution in [3.8, 4) is 0 Å². The third-order valence-electron chi connectivity index (χ3n) is 1.42. The Morgan fingerprint density at radius 3 is 2.75 bits per heavy atom. The first-order valence-corrected chi connectivity index (χ1v) is 4.22. The molecule has 0 fully saturated rings. The Bertz CT molecular complexity index is 152. The van der Waals surface area contributed by atoms with E-state index < -0.39 is 0 Å². The van der Waals surface area contributed by atoms with Crippen LogP contribution < -0.4 is 0 Å². The maximum atomic E-state index is 10.7. The highest BCUT2D eigenvalue weighted by Gasteiger charge is 1.97. The van der Waals surface area contributed by atoms with Crippen molar-refractivity contribution in [1.29, 1.82) is 0 Å². The second-order valence-corrected chi connectivity index (χ2v) is 2.45. The lowest BCUT2D eigenvalue weighted by Crippen LogP contribution is -2.03. The summed E-state index contributed by atoms with van der Waals surface area (Å²) in [7, 11) is 0. The van der Waals surface area contributed by atoms with Crippen molar-refractivity contribution in [3.05, 3.63) is 12.2 Å². The van der Waals surface area contributed by atoms with Crippen molar-refractivity contribution in [2.24, 2.45) is 0 Å². The average molecular weight is 172 g/mol. The number of carbonyl (C=O) groups excluding carboxylic acids is 1. The molecule has 3 heteroatoms. The van der Waals surface area contributed by atoms with Crippen LogP contribution in [0.2, 0.25) is 0 Å². The summed E-state index contributed by atoms with van der Waals surface area (Å²) in [6.07, 6.45) is 3.84. The standard InChI is InChI=1S/C9H16O3/c1-3-8(10)6-5-7-9(11)12-4-2/h5,7-8,10H,3-4,6H2,1-2H3/b7-5+. The van der Waals surface area contributed by atoms with Crippen LogP contribution in [-0.4, -0.2) is 23.8 Å². The van der Waals surface area contributed by atoms with Gasteiger partial charge in [0.05, 0.1) is 12.7 Å². The molecule has 70 valence electrons. The van der Waals surface area contributed by atoms with Crippen molar-refractivity contribution < 1.29 is 14.6 Å². The second kappa shape index (κ2) is 6.85. The van der Waals surface area contributed by atoms with Gasteiger partial charge in [0.1, 0.15) is 0 Å². The van der Waals surface area contributed by atoms with Crippen molar-refractivity contribution in [2.45, 2.75) is 32.8 Å². The average Bonchev–Trinajstić information content (AvgIpc) is 2.04. The quantitative estimate of drug-likeness (QED) is 0.501. The Kier molecular flexibility index (Phi) is 6.38. The highest BCUT2D eigenvalue weighted by Crippen LogP contribution is 1.97. The fourth-order valence-corrected chi connectivity index (χ4v) is 0.678. The molecule has 0 rings (SSSR count). The molecule has 0 aliphatic carbocycles. The van der Waals surface area contributed by atoms with Gasteiger partial charge in [0, 0.05) is 6.08 Å². The van der Waals surface area contributed by atoms with Gasteiger partial charge < -0.3 is 9.84 Å². The molecule has 1 atom stereocenters. The van der Waals surface area contributed by atoms with E-state index in [4.69, 9.17) is 5.11 Å². The van der Waals surface area contributed by atoms with E-state index in [-0.39, 0.29) is 12.1 Å². The maximum absolute atomic E-state index is 10.7. The predicted octanol–water partition coefficient (Wildman–Crippen LogP) is 1.27. The Morgan fingerprint density at radius 2 is 2.25 bits per heavy atom. The maximum Gasteiger partial charge on any atom is 0.330 e. The van der Waals surface area contributed by atoms with Crippen LogP contribution >= 0.6 is 0 Å². The van der Waals surface area contributed by atoms with Crippen molar-refractivity contribution in [3.63, 3.8) is 0 Å². The number of esters is 1. The zero-order valence-corrected chi connectivity index (χ0v) is 7.62. The van der Waals surface area contributed by atoms with Gasteiger partial charge in [-0.1, -0.05) is 13.0 Å². The highest BCUT2D eigenvalue weighted by molar-refractivity contribution is 5.81. The first kappa shape index (κ1) is 11.2. The van der Waals surface area contributed by atoms with E-state index >= 15 is 0 Å². The normalized spacial score (nSPS) is 13.2. The summed E-state index contributed by atoms with van der Waals surface area (Å²) in [4.78, 5) is 10.7. The number of hydrogen-bond donors (Lipinski definition) is 1. The van der Waals surface area contributed by atoms with Crippen LogP contribution in [0.15, 0.2) is 12.2 Å². The third kappa shape index (κ3) is 5.92. The molecule has 1 N–H and O–H groups in total. The van der Waals surface area contributed by atoms with Gasteiger partial charge in [-0.15, -0.1) is 0 Å². The molecule has 0 saturated carbocycles. The molecule has 3 nitrogen and oxygen atoms in total. The monoisotopic (exact) mass is 172 g/mol. The molecule has 0 aromatic rings. The first-order chi connectivity index (χ1) is 5.70. The predicted molar refractivity (Wildman–Crippen MR) is 46.7 cm³/mol. The summed E-state index contributed by atoms with van der Waals surface area (Å²) < 4.78 is 4.65. The molecule has 0 aliphatic heterocycles. The minimum atomic E-state index is -0.351. The largest absolute Gasteiger partial charge is 0.463 e. The second-order valence-electron chi connectivity index (χ2n) is 2.45. The lowest BCUT2D eigenvalue weighted by Gasteiger charge is -2.01. The van der Waals surface area contributed by atoms with Gasteiger partial charge in [-0.25, -0.2) is 4.79 Å². The summed E-state index contributed by atoms with van der Waals surface area (Å²) >= 11 is 0. The van der Waals surface area contributed by atoms with Crippen LogP contribution in [-0.2, 0) is 9.53 Å².